The molecule has 0 aliphatic heterocycles. The van der Waals surface area contributed by atoms with Gasteiger partial charge in [0.2, 0.25) is 5.91 Å². The molecule has 20 heavy (non-hydrogen) atoms. The minimum absolute atomic E-state index is 0.0290. The quantitative estimate of drug-likeness (QED) is 0.930. The summed E-state index contributed by atoms with van der Waals surface area (Å²) in [4.78, 5) is 16.0. The minimum Gasteiger partial charge on any atom is -0.347 e. The maximum Gasteiger partial charge on any atom is 0.225 e. The Kier molecular flexibility index (Phi) is 4.13. The molecule has 3 nitrogen and oxygen atoms in total. The third kappa shape index (κ3) is 3.41. The van der Waals surface area contributed by atoms with Crippen LogP contribution in [0.2, 0.25) is 0 Å². The van der Waals surface area contributed by atoms with Gasteiger partial charge in [-0.25, -0.2) is 4.39 Å². The molecule has 0 fully saturated rings. The van der Waals surface area contributed by atoms with Crippen LogP contribution < -0.4 is 5.32 Å². The fourth-order valence-electron chi connectivity index (χ4n) is 2.05. The van der Waals surface area contributed by atoms with Gasteiger partial charge < -0.3 is 5.32 Å². The molecular formula is C16H17FN2O. The molecular weight excluding hydrogens is 255 g/mol. The molecule has 104 valence electrons. The molecule has 0 unspecified atom stereocenters. The molecule has 1 N–H and O–H groups in total. The maximum atomic E-state index is 13.5. The van der Waals surface area contributed by atoms with Crippen LogP contribution >= 0.6 is 0 Å². The highest BCUT2D eigenvalue weighted by atomic mass is 19.1. The molecule has 2 rings (SSSR count). The lowest BCUT2D eigenvalue weighted by Gasteiger charge is -2.26. The molecule has 1 amide bonds. The highest BCUT2D eigenvalue weighted by Crippen LogP contribution is 2.19. The molecule has 2 aromatic rings. The second kappa shape index (κ2) is 5.82. The number of halogens is 1. The normalized spacial score (nSPS) is 11.2. The summed E-state index contributed by atoms with van der Waals surface area (Å²) in [5.41, 5.74) is 0.829. The van der Waals surface area contributed by atoms with E-state index in [0.717, 1.165) is 5.56 Å². The van der Waals surface area contributed by atoms with E-state index in [4.69, 9.17) is 0 Å². The second-order valence-electron chi connectivity index (χ2n) is 5.18. The third-order valence-electron chi connectivity index (χ3n) is 3.16. The Hall–Kier alpha value is -2.23. The van der Waals surface area contributed by atoms with Crippen LogP contribution in [0.25, 0.3) is 0 Å². The Morgan fingerprint density at radius 3 is 2.50 bits per heavy atom. The van der Waals surface area contributed by atoms with Gasteiger partial charge in [0.15, 0.2) is 0 Å². The smallest absolute Gasteiger partial charge is 0.225 e. The Labute approximate surface area is 117 Å². The van der Waals surface area contributed by atoms with Crippen LogP contribution in [0.3, 0.4) is 0 Å². The molecule has 1 heterocycles. The van der Waals surface area contributed by atoms with Crippen molar-refractivity contribution in [1.29, 1.82) is 0 Å². The zero-order valence-corrected chi connectivity index (χ0v) is 11.6. The number of nitrogens with zero attached hydrogens (tertiary/aromatic N) is 1. The van der Waals surface area contributed by atoms with Gasteiger partial charge in [0.25, 0.3) is 0 Å². The van der Waals surface area contributed by atoms with Crippen LogP contribution in [0.5, 0.6) is 0 Å². The van der Waals surface area contributed by atoms with Gasteiger partial charge in [-0.3, -0.25) is 9.78 Å². The van der Waals surface area contributed by atoms with Gasteiger partial charge >= 0.3 is 0 Å². The average Bonchev–Trinajstić information content (AvgIpc) is 2.42. The van der Waals surface area contributed by atoms with Gasteiger partial charge in [0.05, 0.1) is 12.0 Å². The number of hydrogen-bond acceptors (Lipinski definition) is 2. The fraction of sp³-hybridized carbons (Fsp3) is 0.250. The number of carbonyl (C=O) groups is 1. The number of pyridine rings is 1. The number of carbonyl (C=O) groups excluding carboxylic acids is 1. The van der Waals surface area contributed by atoms with Crippen molar-refractivity contribution >= 4 is 5.91 Å². The van der Waals surface area contributed by atoms with E-state index in [1.807, 2.05) is 26.0 Å². The van der Waals surface area contributed by atoms with Crippen LogP contribution in [-0.4, -0.2) is 10.9 Å². The molecule has 0 aliphatic rings. The molecule has 0 atom stereocenters. The first-order valence-corrected chi connectivity index (χ1v) is 6.44. The summed E-state index contributed by atoms with van der Waals surface area (Å²) in [5.74, 6) is -0.568. The van der Waals surface area contributed by atoms with Crippen molar-refractivity contribution in [2.45, 2.75) is 25.8 Å². The van der Waals surface area contributed by atoms with E-state index >= 15 is 0 Å². The number of benzene rings is 1. The molecule has 0 bridgehead atoms. The number of aromatic nitrogens is 1. The molecule has 0 spiro atoms. The summed E-state index contributed by atoms with van der Waals surface area (Å²) < 4.78 is 13.5. The number of rotatable bonds is 4. The molecule has 0 saturated carbocycles. The van der Waals surface area contributed by atoms with E-state index in [0.29, 0.717) is 5.56 Å². The minimum atomic E-state index is -0.523. The molecule has 0 saturated heterocycles. The summed E-state index contributed by atoms with van der Waals surface area (Å²) in [6, 6.07) is 10.0. The highest BCUT2D eigenvalue weighted by molar-refractivity contribution is 5.79. The van der Waals surface area contributed by atoms with E-state index in [-0.39, 0.29) is 18.1 Å². The molecule has 0 radical (unpaired) electrons. The molecule has 0 aliphatic carbocycles. The number of amides is 1. The molecule has 1 aromatic heterocycles. The van der Waals surface area contributed by atoms with E-state index in [9.17, 15) is 9.18 Å². The zero-order chi connectivity index (χ0) is 14.6. The Morgan fingerprint density at radius 1 is 1.20 bits per heavy atom. The van der Waals surface area contributed by atoms with Crippen molar-refractivity contribution < 1.29 is 9.18 Å². The third-order valence-corrected chi connectivity index (χ3v) is 3.16. The topological polar surface area (TPSA) is 42.0 Å². The average molecular weight is 272 g/mol. The van der Waals surface area contributed by atoms with Crippen LogP contribution in [0.4, 0.5) is 4.39 Å². The highest BCUT2D eigenvalue weighted by Gasteiger charge is 2.23. The van der Waals surface area contributed by atoms with E-state index < -0.39 is 5.54 Å². The summed E-state index contributed by atoms with van der Waals surface area (Å²) in [5, 5.41) is 2.91. The van der Waals surface area contributed by atoms with Gasteiger partial charge in [-0.05, 0) is 43.2 Å². The van der Waals surface area contributed by atoms with Gasteiger partial charge in [0, 0.05) is 12.4 Å². The van der Waals surface area contributed by atoms with E-state index in [2.05, 4.69) is 10.3 Å². The van der Waals surface area contributed by atoms with E-state index in [1.165, 1.54) is 6.07 Å². The predicted octanol–water partition coefficient (Wildman–Crippen LogP) is 2.81. The lowest BCUT2D eigenvalue weighted by Crippen LogP contribution is -2.41. The first kappa shape index (κ1) is 14.2. The van der Waals surface area contributed by atoms with Gasteiger partial charge in [-0.15, -0.1) is 0 Å². The van der Waals surface area contributed by atoms with Crippen molar-refractivity contribution in [3.63, 3.8) is 0 Å². The monoisotopic (exact) mass is 272 g/mol. The van der Waals surface area contributed by atoms with Crippen molar-refractivity contribution in [2.24, 2.45) is 0 Å². The van der Waals surface area contributed by atoms with Crippen molar-refractivity contribution in [1.82, 2.24) is 10.3 Å². The largest absolute Gasteiger partial charge is 0.347 e. The lowest BCUT2D eigenvalue weighted by atomic mass is 9.95. The molecule has 4 heteroatoms. The molecule has 1 aromatic carbocycles. The van der Waals surface area contributed by atoms with Crippen molar-refractivity contribution in [3.05, 3.63) is 65.7 Å². The lowest BCUT2D eigenvalue weighted by molar-refractivity contribution is -0.122. The first-order valence-electron chi connectivity index (χ1n) is 6.44. The van der Waals surface area contributed by atoms with E-state index in [1.54, 1.807) is 30.6 Å². The van der Waals surface area contributed by atoms with Gasteiger partial charge in [0.1, 0.15) is 5.82 Å². The predicted molar refractivity (Wildman–Crippen MR) is 75.5 cm³/mol. The fourth-order valence-corrected chi connectivity index (χ4v) is 2.05. The van der Waals surface area contributed by atoms with Crippen LogP contribution in [0, 0.1) is 5.82 Å². The number of hydrogen-bond donors (Lipinski definition) is 1. The summed E-state index contributed by atoms with van der Waals surface area (Å²) in [6.07, 6.45) is 3.39. The van der Waals surface area contributed by atoms with Crippen LogP contribution in [0.15, 0.2) is 48.8 Å². The van der Waals surface area contributed by atoms with Crippen LogP contribution in [0.1, 0.15) is 25.0 Å². The first-order chi connectivity index (χ1) is 9.49. The van der Waals surface area contributed by atoms with Crippen molar-refractivity contribution in [3.8, 4) is 0 Å². The second-order valence-corrected chi connectivity index (χ2v) is 5.18. The zero-order valence-electron chi connectivity index (χ0n) is 11.6. The standard InChI is InChI=1S/C16H17FN2O/c1-16(2,13-7-9-18-10-8-13)19-15(20)11-12-5-3-4-6-14(12)17/h3-10H,11H2,1-2H3,(H,19,20). The Balaban J connectivity index is 2.07. The Bertz CT molecular complexity index is 596. The summed E-state index contributed by atoms with van der Waals surface area (Å²) in [6.45, 7) is 3.81. The summed E-state index contributed by atoms with van der Waals surface area (Å²) >= 11 is 0. The van der Waals surface area contributed by atoms with Gasteiger partial charge in [-0.1, -0.05) is 18.2 Å². The Morgan fingerprint density at radius 2 is 1.85 bits per heavy atom. The summed E-state index contributed by atoms with van der Waals surface area (Å²) in [7, 11) is 0. The van der Waals surface area contributed by atoms with Gasteiger partial charge in [-0.2, -0.15) is 0 Å². The maximum absolute atomic E-state index is 13.5. The number of nitrogens with one attached hydrogen (secondary N) is 1. The van der Waals surface area contributed by atoms with Crippen molar-refractivity contribution in [2.75, 3.05) is 0 Å². The van der Waals surface area contributed by atoms with Crippen LogP contribution in [-0.2, 0) is 16.8 Å². The SMILES string of the molecule is CC(C)(NC(=O)Cc1ccccc1F)c1ccncc1.